The van der Waals surface area contributed by atoms with E-state index in [1.807, 2.05) is 6.07 Å². The Hall–Kier alpha value is -1.02. The third-order valence-corrected chi connectivity index (χ3v) is 3.26. The predicted molar refractivity (Wildman–Crippen MR) is 80.8 cm³/mol. The number of hydrogen-bond acceptors (Lipinski definition) is 2. The molecule has 1 aromatic carbocycles. The minimum absolute atomic E-state index is 0.169. The maximum absolute atomic E-state index is 5.53. The van der Waals surface area contributed by atoms with Gasteiger partial charge in [-0.1, -0.05) is 46.8 Å². The Labute approximate surface area is 118 Å². The fourth-order valence-electron chi connectivity index (χ4n) is 2.78. The summed E-state index contributed by atoms with van der Waals surface area (Å²) < 4.78 is 10.5. The highest BCUT2D eigenvalue weighted by Crippen LogP contribution is 2.37. The van der Waals surface area contributed by atoms with Crippen molar-refractivity contribution in [3.63, 3.8) is 0 Å². The van der Waals surface area contributed by atoms with Crippen LogP contribution in [0.3, 0.4) is 0 Å². The van der Waals surface area contributed by atoms with Gasteiger partial charge in [0.05, 0.1) is 0 Å². The zero-order valence-electron chi connectivity index (χ0n) is 13.5. The zero-order chi connectivity index (χ0) is 14.7. The fraction of sp³-hybridized carbons (Fsp3) is 0.647. The maximum Gasteiger partial charge on any atom is 0.188 e. The standard InChI is InChI=1S/C17H28O2/c1-13-10-14(8-9-15(13)19-12-18-7)17(5,6)11-16(2,3)4/h8-10H,11-12H2,1-7H3. The summed E-state index contributed by atoms with van der Waals surface area (Å²) in [6, 6.07) is 6.45. The third-order valence-electron chi connectivity index (χ3n) is 3.26. The molecule has 0 radical (unpaired) electrons. The summed E-state index contributed by atoms with van der Waals surface area (Å²) in [6.45, 7) is 13.9. The zero-order valence-corrected chi connectivity index (χ0v) is 13.5. The first-order chi connectivity index (χ1) is 8.65. The smallest absolute Gasteiger partial charge is 0.188 e. The molecule has 1 rings (SSSR count). The molecule has 0 bridgehead atoms. The topological polar surface area (TPSA) is 18.5 Å². The van der Waals surface area contributed by atoms with Gasteiger partial charge in [0.15, 0.2) is 6.79 Å². The molecule has 2 heteroatoms. The van der Waals surface area contributed by atoms with Gasteiger partial charge in [-0.05, 0) is 41.4 Å². The van der Waals surface area contributed by atoms with Gasteiger partial charge in [0.2, 0.25) is 0 Å². The van der Waals surface area contributed by atoms with Crippen LogP contribution in [-0.2, 0) is 10.2 Å². The SMILES string of the molecule is COCOc1ccc(C(C)(C)CC(C)(C)C)cc1C. The van der Waals surface area contributed by atoms with Gasteiger partial charge in [0.1, 0.15) is 5.75 Å². The van der Waals surface area contributed by atoms with E-state index < -0.39 is 0 Å². The van der Waals surface area contributed by atoms with Crippen molar-refractivity contribution in [2.24, 2.45) is 5.41 Å². The van der Waals surface area contributed by atoms with Crippen molar-refractivity contribution in [3.8, 4) is 5.75 Å². The summed E-state index contributed by atoms with van der Waals surface area (Å²) in [5, 5.41) is 0. The van der Waals surface area contributed by atoms with Gasteiger partial charge in [-0.2, -0.15) is 0 Å². The van der Waals surface area contributed by atoms with Gasteiger partial charge in [-0.15, -0.1) is 0 Å². The Bertz CT molecular complexity index is 414. The molecule has 0 saturated carbocycles. The first-order valence-electron chi connectivity index (χ1n) is 6.88. The van der Waals surface area contributed by atoms with E-state index in [-0.39, 0.29) is 5.41 Å². The van der Waals surface area contributed by atoms with Crippen LogP contribution >= 0.6 is 0 Å². The highest BCUT2D eigenvalue weighted by molar-refractivity contribution is 5.39. The van der Waals surface area contributed by atoms with Crippen LogP contribution in [0.15, 0.2) is 18.2 Å². The molecule has 0 spiro atoms. The van der Waals surface area contributed by atoms with Gasteiger partial charge < -0.3 is 9.47 Å². The number of hydrogen-bond donors (Lipinski definition) is 0. The lowest BCUT2D eigenvalue weighted by atomic mass is 9.72. The van der Waals surface area contributed by atoms with Crippen LogP contribution in [0.1, 0.15) is 52.2 Å². The Balaban J connectivity index is 2.93. The number of rotatable bonds is 5. The van der Waals surface area contributed by atoms with Crippen LogP contribution in [-0.4, -0.2) is 13.9 Å². The molecule has 1 aromatic rings. The van der Waals surface area contributed by atoms with Crippen molar-refractivity contribution in [3.05, 3.63) is 29.3 Å². The van der Waals surface area contributed by atoms with Crippen molar-refractivity contribution in [1.82, 2.24) is 0 Å². The molecule has 2 nitrogen and oxygen atoms in total. The van der Waals surface area contributed by atoms with Crippen LogP contribution < -0.4 is 4.74 Å². The van der Waals surface area contributed by atoms with Crippen LogP contribution in [0.4, 0.5) is 0 Å². The quantitative estimate of drug-likeness (QED) is 0.718. The monoisotopic (exact) mass is 264 g/mol. The Morgan fingerprint density at radius 2 is 1.68 bits per heavy atom. The molecular weight excluding hydrogens is 236 g/mol. The molecule has 0 aliphatic rings. The lowest BCUT2D eigenvalue weighted by Crippen LogP contribution is -2.24. The van der Waals surface area contributed by atoms with E-state index in [1.165, 1.54) is 5.56 Å². The van der Waals surface area contributed by atoms with Crippen molar-refractivity contribution in [2.75, 3.05) is 13.9 Å². The number of methoxy groups -OCH3 is 1. The van der Waals surface area contributed by atoms with Crippen molar-refractivity contribution < 1.29 is 9.47 Å². The molecule has 0 atom stereocenters. The van der Waals surface area contributed by atoms with E-state index >= 15 is 0 Å². The van der Waals surface area contributed by atoms with Gasteiger partial charge in [-0.25, -0.2) is 0 Å². The van der Waals surface area contributed by atoms with Crippen molar-refractivity contribution >= 4 is 0 Å². The fourth-order valence-corrected chi connectivity index (χ4v) is 2.78. The number of aryl methyl sites for hydroxylation is 1. The van der Waals surface area contributed by atoms with Gasteiger partial charge in [0, 0.05) is 7.11 Å². The Morgan fingerprint density at radius 3 is 2.16 bits per heavy atom. The molecule has 0 amide bonds. The summed E-state index contributed by atoms with van der Waals surface area (Å²) in [5.41, 5.74) is 3.02. The molecule has 0 aromatic heterocycles. The Kier molecular flexibility index (Phi) is 5.03. The largest absolute Gasteiger partial charge is 0.467 e. The van der Waals surface area contributed by atoms with Crippen LogP contribution in [0.25, 0.3) is 0 Å². The summed E-state index contributed by atoms with van der Waals surface area (Å²) in [7, 11) is 1.64. The molecule has 0 fully saturated rings. The molecular formula is C17H28O2. The second-order valence-electron chi connectivity index (χ2n) is 7.15. The molecule has 0 aliphatic carbocycles. The average Bonchev–Trinajstić information content (AvgIpc) is 2.24. The average molecular weight is 264 g/mol. The molecule has 0 aliphatic heterocycles. The molecule has 0 saturated heterocycles. The van der Waals surface area contributed by atoms with Gasteiger partial charge >= 0.3 is 0 Å². The first kappa shape index (κ1) is 16.0. The predicted octanol–water partition coefficient (Wildman–Crippen LogP) is 4.69. The highest BCUT2D eigenvalue weighted by atomic mass is 16.7. The molecule has 0 unspecified atom stereocenters. The minimum atomic E-state index is 0.169. The normalized spacial score (nSPS) is 12.6. The van der Waals surface area contributed by atoms with Gasteiger partial charge in [0.25, 0.3) is 0 Å². The lowest BCUT2D eigenvalue weighted by Gasteiger charge is -2.33. The van der Waals surface area contributed by atoms with Crippen molar-refractivity contribution in [2.45, 2.75) is 53.4 Å². The second kappa shape index (κ2) is 5.96. The summed E-state index contributed by atoms with van der Waals surface area (Å²) in [5.74, 6) is 0.900. The minimum Gasteiger partial charge on any atom is -0.467 e. The van der Waals surface area contributed by atoms with E-state index in [1.54, 1.807) is 7.11 Å². The highest BCUT2D eigenvalue weighted by Gasteiger charge is 2.27. The number of benzene rings is 1. The van der Waals surface area contributed by atoms with Crippen LogP contribution in [0.5, 0.6) is 5.75 Å². The summed E-state index contributed by atoms with van der Waals surface area (Å²) in [6.07, 6.45) is 1.15. The maximum atomic E-state index is 5.53. The van der Waals surface area contributed by atoms with Crippen LogP contribution in [0, 0.1) is 12.3 Å². The number of ether oxygens (including phenoxy) is 2. The molecule has 0 N–H and O–H groups in total. The molecule has 108 valence electrons. The molecule has 19 heavy (non-hydrogen) atoms. The third kappa shape index (κ3) is 4.87. The van der Waals surface area contributed by atoms with Crippen molar-refractivity contribution in [1.29, 1.82) is 0 Å². The molecule has 0 heterocycles. The summed E-state index contributed by atoms with van der Waals surface area (Å²) >= 11 is 0. The second-order valence-corrected chi connectivity index (χ2v) is 7.15. The van der Waals surface area contributed by atoms with E-state index in [0.29, 0.717) is 12.2 Å². The van der Waals surface area contributed by atoms with E-state index in [9.17, 15) is 0 Å². The first-order valence-corrected chi connectivity index (χ1v) is 6.88. The van der Waals surface area contributed by atoms with Gasteiger partial charge in [-0.3, -0.25) is 0 Å². The van der Waals surface area contributed by atoms with E-state index in [4.69, 9.17) is 9.47 Å². The summed E-state index contributed by atoms with van der Waals surface area (Å²) in [4.78, 5) is 0. The van der Waals surface area contributed by atoms with Crippen LogP contribution in [0.2, 0.25) is 0 Å². The van der Waals surface area contributed by atoms with E-state index in [2.05, 4.69) is 53.7 Å². The lowest BCUT2D eigenvalue weighted by molar-refractivity contribution is 0.0506. The Morgan fingerprint density at radius 1 is 1.05 bits per heavy atom. The van der Waals surface area contributed by atoms with E-state index in [0.717, 1.165) is 17.7 Å².